The zero-order valence-corrected chi connectivity index (χ0v) is 7.84. The summed E-state index contributed by atoms with van der Waals surface area (Å²) in [6.45, 7) is 9.19. The smallest absolute Gasteiger partial charge is 0.184 e. The Hall–Kier alpha value is -1.02. The van der Waals surface area contributed by atoms with Gasteiger partial charge in [-0.25, -0.2) is 4.99 Å². The van der Waals surface area contributed by atoms with Crippen LogP contribution in [0.1, 0.15) is 6.92 Å². The van der Waals surface area contributed by atoms with Crippen molar-refractivity contribution in [2.45, 2.75) is 6.92 Å². The molecule has 0 aromatic rings. The molecular formula is C9H12ClNO. The van der Waals surface area contributed by atoms with Gasteiger partial charge >= 0.3 is 0 Å². The van der Waals surface area contributed by atoms with Crippen molar-refractivity contribution in [2.24, 2.45) is 4.99 Å². The maximum Gasteiger partial charge on any atom is 0.184 e. The molecule has 0 rings (SSSR count). The molecule has 0 saturated heterocycles. The van der Waals surface area contributed by atoms with E-state index in [2.05, 4.69) is 18.2 Å². The van der Waals surface area contributed by atoms with E-state index >= 15 is 0 Å². The van der Waals surface area contributed by atoms with Crippen LogP contribution in [0.15, 0.2) is 41.5 Å². The van der Waals surface area contributed by atoms with Crippen LogP contribution in [0.25, 0.3) is 0 Å². The molecule has 0 aromatic heterocycles. The predicted octanol–water partition coefficient (Wildman–Crippen LogP) is 2.87. The molecule has 0 aliphatic carbocycles. The van der Waals surface area contributed by atoms with Gasteiger partial charge in [-0.05, 0) is 6.08 Å². The minimum atomic E-state index is 0.440. The molecule has 0 aliphatic heterocycles. The number of hydrogen-bond acceptors (Lipinski definition) is 2. The summed E-state index contributed by atoms with van der Waals surface area (Å²) in [5, 5.41) is 0.440. The first-order chi connectivity index (χ1) is 5.66. The number of rotatable bonds is 4. The number of ether oxygens (including phenoxy) is 1. The van der Waals surface area contributed by atoms with Gasteiger partial charge in [0.15, 0.2) is 5.90 Å². The molecule has 0 saturated carbocycles. The van der Waals surface area contributed by atoms with E-state index in [1.54, 1.807) is 19.1 Å². The zero-order chi connectivity index (χ0) is 9.40. The van der Waals surface area contributed by atoms with E-state index in [0.717, 1.165) is 0 Å². The summed E-state index contributed by atoms with van der Waals surface area (Å²) in [5.74, 6) is 0.573. The van der Waals surface area contributed by atoms with Gasteiger partial charge in [0.05, 0.1) is 0 Å². The average molecular weight is 186 g/mol. The molecule has 0 spiro atoms. The Bertz CT molecular complexity index is 219. The summed E-state index contributed by atoms with van der Waals surface area (Å²) in [4.78, 5) is 3.92. The van der Waals surface area contributed by atoms with Gasteiger partial charge in [-0.2, -0.15) is 0 Å². The third-order valence-electron chi connectivity index (χ3n) is 0.922. The fourth-order valence-corrected chi connectivity index (χ4v) is 0.496. The van der Waals surface area contributed by atoms with Crippen LogP contribution in [0.3, 0.4) is 0 Å². The monoisotopic (exact) mass is 185 g/mol. The summed E-state index contributed by atoms with van der Waals surface area (Å²) in [6, 6.07) is 0. The molecule has 0 amide bonds. The predicted molar refractivity (Wildman–Crippen MR) is 53.4 cm³/mol. The topological polar surface area (TPSA) is 21.6 Å². The van der Waals surface area contributed by atoms with E-state index in [1.165, 1.54) is 6.20 Å². The summed E-state index contributed by atoms with van der Waals surface area (Å²) in [7, 11) is 0. The van der Waals surface area contributed by atoms with Gasteiger partial charge in [-0.15, -0.1) is 0 Å². The Morgan fingerprint density at radius 2 is 2.33 bits per heavy atom. The Kier molecular flexibility index (Phi) is 6.11. The van der Waals surface area contributed by atoms with Gasteiger partial charge in [0.2, 0.25) is 0 Å². The molecule has 66 valence electrons. The van der Waals surface area contributed by atoms with Crippen LogP contribution in [0.4, 0.5) is 0 Å². The van der Waals surface area contributed by atoms with Crippen LogP contribution in [0.5, 0.6) is 0 Å². The maximum atomic E-state index is 5.46. The lowest BCUT2D eigenvalue weighted by Gasteiger charge is -1.98. The first kappa shape index (κ1) is 11.0. The van der Waals surface area contributed by atoms with Crippen LogP contribution < -0.4 is 0 Å². The van der Waals surface area contributed by atoms with Crippen molar-refractivity contribution in [1.29, 1.82) is 0 Å². The van der Waals surface area contributed by atoms with Gasteiger partial charge in [0, 0.05) is 18.2 Å². The average Bonchev–Trinajstić information content (AvgIpc) is 2.00. The zero-order valence-electron chi connectivity index (χ0n) is 7.09. The second-order valence-electron chi connectivity index (χ2n) is 2.01. The standard InChI is InChI=1S/C9H12ClNO/c1-4-7-12-9(3)11-6-5-8(2)10/h4-6H,1-2,7H2,3H3/b6-5-,11-9?. The van der Waals surface area contributed by atoms with E-state index < -0.39 is 0 Å². The molecule has 0 aliphatic rings. The number of nitrogens with zero attached hydrogens (tertiary/aromatic N) is 1. The summed E-state index contributed by atoms with van der Waals surface area (Å²) in [6.07, 6.45) is 4.78. The lowest BCUT2D eigenvalue weighted by atomic mass is 10.6. The molecule has 3 heteroatoms. The Morgan fingerprint density at radius 1 is 1.67 bits per heavy atom. The highest BCUT2D eigenvalue weighted by Crippen LogP contribution is 1.97. The van der Waals surface area contributed by atoms with Crippen molar-refractivity contribution in [3.05, 3.63) is 36.5 Å². The second kappa shape index (κ2) is 6.68. The molecule has 2 nitrogen and oxygen atoms in total. The molecule has 0 heterocycles. The first-order valence-electron chi connectivity index (χ1n) is 3.46. The van der Waals surface area contributed by atoms with Gasteiger partial charge < -0.3 is 4.74 Å². The molecule has 0 N–H and O–H groups in total. The normalized spacial score (nSPS) is 11.7. The molecule has 0 fully saturated rings. The van der Waals surface area contributed by atoms with Crippen molar-refractivity contribution < 1.29 is 4.74 Å². The van der Waals surface area contributed by atoms with Crippen molar-refractivity contribution in [1.82, 2.24) is 0 Å². The molecule has 12 heavy (non-hydrogen) atoms. The van der Waals surface area contributed by atoms with Crippen LogP contribution in [-0.2, 0) is 4.74 Å². The van der Waals surface area contributed by atoms with Gasteiger partial charge in [0.1, 0.15) is 6.61 Å². The maximum absolute atomic E-state index is 5.46. The molecule has 0 aromatic carbocycles. The summed E-state index contributed by atoms with van der Waals surface area (Å²) in [5.41, 5.74) is 0. The number of hydrogen-bond donors (Lipinski definition) is 0. The van der Waals surface area contributed by atoms with Crippen LogP contribution in [0.2, 0.25) is 0 Å². The highest BCUT2D eigenvalue weighted by atomic mass is 35.5. The SMILES string of the molecule is C=CCOC(C)=N/C=C\C(=C)Cl. The number of aliphatic imine (C=N–C) groups is 1. The highest BCUT2D eigenvalue weighted by Gasteiger charge is 1.84. The molecule has 0 atom stereocenters. The fraction of sp³-hybridized carbons (Fsp3) is 0.222. The Labute approximate surface area is 77.9 Å². The fourth-order valence-electron chi connectivity index (χ4n) is 0.440. The Morgan fingerprint density at radius 3 is 2.83 bits per heavy atom. The number of halogens is 1. The van der Waals surface area contributed by atoms with Gasteiger partial charge in [-0.3, -0.25) is 0 Å². The van der Waals surface area contributed by atoms with Crippen molar-refractivity contribution >= 4 is 17.5 Å². The third kappa shape index (κ3) is 7.09. The van der Waals surface area contributed by atoms with Crippen LogP contribution >= 0.6 is 11.6 Å². The lowest BCUT2D eigenvalue weighted by Crippen LogP contribution is -1.97. The highest BCUT2D eigenvalue weighted by molar-refractivity contribution is 6.30. The van der Waals surface area contributed by atoms with E-state index in [-0.39, 0.29) is 0 Å². The van der Waals surface area contributed by atoms with Crippen molar-refractivity contribution in [3.8, 4) is 0 Å². The molecule has 0 bridgehead atoms. The largest absolute Gasteiger partial charge is 0.477 e. The third-order valence-corrected chi connectivity index (χ3v) is 1.05. The second-order valence-corrected chi connectivity index (χ2v) is 2.50. The van der Waals surface area contributed by atoms with Crippen LogP contribution in [0, 0.1) is 0 Å². The van der Waals surface area contributed by atoms with Crippen molar-refractivity contribution in [2.75, 3.05) is 6.61 Å². The first-order valence-corrected chi connectivity index (χ1v) is 3.83. The van der Waals surface area contributed by atoms with Gasteiger partial charge in [0.25, 0.3) is 0 Å². The number of allylic oxidation sites excluding steroid dienone is 2. The van der Waals surface area contributed by atoms with E-state index in [4.69, 9.17) is 16.3 Å². The van der Waals surface area contributed by atoms with Crippen LogP contribution in [-0.4, -0.2) is 12.5 Å². The molecular weight excluding hydrogens is 174 g/mol. The molecule has 0 unspecified atom stereocenters. The summed E-state index contributed by atoms with van der Waals surface area (Å²) >= 11 is 5.46. The minimum absolute atomic E-state index is 0.440. The minimum Gasteiger partial charge on any atom is -0.477 e. The Balaban J connectivity index is 3.82. The van der Waals surface area contributed by atoms with E-state index in [0.29, 0.717) is 17.5 Å². The van der Waals surface area contributed by atoms with E-state index in [1.807, 2.05) is 0 Å². The van der Waals surface area contributed by atoms with E-state index in [9.17, 15) is 0 Å². The van der Waals surface area contributed by atoms with Crippen molar-refractivity contribution in [3.63, 3.8) is 0 Å². The quantitative estimate of drug-likeness (QED) is 0.286. The summed E-state index contributed by atoms with van der Waals surface area (Å²) < 4.78 is 5.08. The van der Waals surface area contributed by atoms with Gasteiger partial charge in [-0.1, -0.05) is 30.8 Å². The molecule has 0 radical (unpaired) electrons. The lowest BCUT2D eigenvalue weighted by molar-refractivity contribution is 0.348.